The highest BCUT2D eigenvalue weighted by Gasteiger charge is 2.19. The van der Waals surface area contributed by atoms with Gasteiger partial charge in [0.15, 0.2) is 0 Å². The zero-order valence-corrected chi connectivity index (χ0v) is 7.07. The number of aliphatic hydroxyl groups is 1. The van der Waals surface area contributed by atoms with Crippen LogP contribution < -0.4 is 0 Å². The van der Waals surface area contributed by atoms with Crippen LogP contribution in [0.1, 0.15) is 6.92 Å². The number of aliphatic imine (C=N–C) groups is 1. The maximum absolute atomic E-state index is 9.33. The molecule has 12 heavy (non-hydrogen) atoms. The largest absolute Gasteiger partial charge is 0.389 e. The van der Waals surface area contributed by atoms with Crippen molar-refractivity contribution >= 4 is 5.84 Å². The van der Waals surface area contributed by atoms with E-state index in [0.717, 1.165) is 5.84 Å². The highest BCUT2D eigenvalue weighted by molar-refractivity contribution is 5.95. The smallest absolute Gasteiger partial charge is 0.127 e. The summed E-state index contributed by atoms with van der Waals surface area (Å²) < 4.78 is 0. The first kappa shape index (κ1) is 7.55. The summed E-state index contributed by atoms with van der Waals surface area (Å²) in [4.78, 5) is 6.22. The van der Waals surface area contributed by atoms with Crippen molar-refractivity contribution in [2.45, 2.75) is 13.0 Å². The van der Waals surface area contributed by atoms with Crippen molar-refractivity contribution in [3.8, 4) is 0 Å². The lowest BCUT2D eigenvalue weighted by molar-refractivity contribution is 0.154. The van der Waals surface area contributed by atoms with E-state index in [1.807, 2.05) is 30.2 Å². The van der Waals surface area contributed by atoms with Gasteiger partial charge in [0.25, 0.3) is 0 Å². The summed E-state index contributed by atoms with van der Waals surface area (Å²) in [6.07, 6.45) is 5.72. The van der Waals surface area contributed by atoms with Gasteiger partial charge in [-0.2, -0.15) is 0 Å². The lowest BCUT2D eigenvalue weighted by Gasteiger charge is -2.29. The predicted octanol–water partition coefficient (Wildman–Crippen LogP) is 0.535. The zero-order chi connectivity index (χ0) is 8.55. The Balaban J connectivity index is 2.25. The van der Waals surface area contributed by atoms with Gasteiger partial charge in [-0.1, -0.05) is 6.08 Å². The Bertz CT molecular complexity index is 278. The van der Waals surface area contributed by atoms with Gasteiger partial charge < -0.3 is 10.0 Å². The van der Waals surface area contributed by atoms with Crippen LogP contribution in [0.4, 0.5) is 0 Å². The van der Waals surface area contributed by atoms with Crippen LogP contribution in [0.5, 0.6) is 0 Å². The molecule has 2 aliphatic rings. The normalized spacial score (nSPS) is 27.8. The third kappa shape index (κ3) is 1.28. The van der Waals surface area contributed by atoms with Crippen LogP contribution in [-0.4, -0.2) is 35.0 Å². The van der Waals surface area contributed by atoms with Crippen molar-refractivity contribution < 1.29 is 5.11 Å². The maximum Gasteiger partial charge on any atom is 0.127 e. The number of hydrogen-bond donors (Lipinski definition) is 1. The van der Waals surface area contributed by atoms with Crippen LogP contribution in [0.15, 0.2) is 28.9 Å². The van der Waals surface area contributed by atoms with E-state index in [4.69, 9.17) is 0 Å². The molecule has 0 saturated carbocycles. The quantitative estimate of drug-likeness (QED) is 0.567. The van der Waals surface area contributed by atoms with E-state index in [1.54, 1.807) is 0 Å². The molecule has 64 valence electrons. The molecule has 0 saturated heterocycles. The molecule has 3 nitrogen and oxygen atoms in total. The fourth-order valence-corrected chi connectivity index (χ4v) is 1.43. The molecule has 0 fully saturated rings. The fraction of sp³-hybridized carbons (Fsp3) is 0.444. The lowest BCUT2D eigenvalue weighted by atomic mass is 10.2. The molecular formula is C9H12N2O. The third-order valence-electron chi connectivity index (χ3n) is 2.02. The molecule has 3 heteroatoms. The van der Waals surface area contributed by atoms with Gasteiger partial charge in [0.1, 0.15) is 5.84 Å². The summed E-state index contributed by atoms with van der Waals surface area (Å²) in [7, 11) is 0. The van der Waals surface area contributed by atoms with E-state index in [0.29, 0.717) is 13.1 Å². The predicted molar refractivity (Wildman–Crippen MR) is 47.9 cm³/mol. The van der Waals surface area contributed by atoms with Gasteiger partial charge in [0.05, 0.1) is 19.2 Å². The van der Waals surface area contributed by atoms with E-state index >= 15 is 0 Å². The zero-order valence-electron chi connectivity index (χ0n) is 7.07. The topological polar surface area (TPSA) is 35.8 Å². The molecule has 0 amide bonds. The second-order valence-electron chi connectivity index (χ2n) is 3.21. The van der Waals surface area contributed by atoms with Crippen LogP contribution in [0.3, 0.4) is 0 Å². The van der Waals surface area contributed by atoms with E-state index in [9.17, 15) is 5.11 Å². The summed E-state index contributed by atoms with van der Waals surface area (Å²) in [5.74, 6) is 0.964. The van der Waals surface area contributed by atoms with Gasteiger partial charge in [-0.25, -0.2) is 0 Å². The van der Waals surface area contributed by atoms with Gasteiger partial charge in [0, 0.05) is 6.20 Å². The summed E-state index contributed by atoms with van der Waals surface area (Å²) in [6.45, 7) is 3.23. The van der Waals surface area contributed by atoms with Gasteiger partial charge in [-0.05, 0) is 18.6 Å². The first-order valence-electron chi connectivity index (χ1n) is 4.11. The number of rotatable bonds is 0. The number of aliphatic hydroxyl groups excluding tert-OH is 1. The number of amidine groups is 1. The van der Waals surface area contributed by atoms with Crippen molar-refractivity contribution in [2.24, 2.45) is 4.99 Å². The number of allylic oxidation sites excluding steroid dienone is 2. The molecule has 0 aliphatic carbocycles. The Morgan fingerprint density at radius 2 is 2.42 bits per heavy atom. The van der Waals surface area contributed by atoms with Crippen molar-refractivity contribution in [3.05, 3.63) is 23.9 Å². The third-order valence-corrected chi connectivity index (χ3v) is 2.02. The molecule has 0 spiro atoms. The minimum absolute atomic E-state index is 0.315. The fourth-order valence-electron chi connectivity index (χ4n) is 1.43. The first-order valence-corrected chi connectivity index (χ1v) is 4.11. The van der Waals surface area contributed by atoms with Crippen molar-refractivity contribution in [2.75, 3.05) is 13.1 Å². The SMILES string of the molecule is CC1=CN2C[C@H](O)CN=C2C=C1. The molecule has 1 atom stereocenters. The van der Waals surface area contributed by atoms with E-state index < -0.39 is 0 Å². The van der Waals surface area contributed by atoms with E-state index in [1.165, 1.54) is 5.57 Å². The molecule has 0 radical (unpaired) electrons. The Kier molecular flexibility index (Phi) is 1.73. The number of hydrogen-bond acceptors (Lipinski definition) is 3. The Morgan fingerprint density at radius 1 is 1.58 bits per heavy atom. The average molecular weight is 164 g/mol. The van der Waals surface area contributed by atoms with Gasteiger partial charge >= 0.3 is 0 Å². The minimum atomic E-state index is -0.315. The molecule has 1 N–H and O–H groups in total. The Hall–Kier alpha value is -1.09. The minimum Gasteiger partial charge on any atom is -0.389 e. The summed E-state index contributed by atoms with van der Waals surface area (Å²) >= 11 is 0. The van der Waals surface area contributed by atoms with Crippen molar-refractivity contribution in [1.82, 2.24) is 4.90 Å². The average Bonchev–Trinajstić information content (AvgIpc) is 2.03. The van der Waals surface area contributed by atoms with Crippen LogP contribution >= 0.6 is 0 Å². The lowest BCUT2D eigenvalue weighted by Crippen LogP contribution is -2.39. The molecule has 2 rings (SSSR count). The Labute approximate surface area is 71.7 Å². The van der Waals surface area contributed by atoms with Gasteiger partial charge in [-0.15, -0.1) is 0 Å². The van der Waals surface area contributed by atoms with Crippen LogP contribution in [-0.2, 0) is 0 Å². The second kappa shape index (κ2) is 2.75. The van der Waals surface area contributed by atoms with Crippen molar-refractivity contribution in [1.29, 1.82) is 0 Å². The Morgan fingerprint density at radius 3 is 3.25 bits per heavy atom. The van der Waals surface area contributed by atoms with Crippen LogP contribution in [0.25, 0.3) is 0 Å². The summed E-state index contributed by atoms with van der Waals surface area (Å²) in [5.41, 5.74) is 1.20. The first-order chi connectivity index (χ1) is 5.75. The second-order valence-corrected chi connectivity index (χ2v) is 3.21. The monoisotopic (exact) mass is 164 g/mol. The molecule has 0 aromatic rings. The summed E-state index contributed by atoms with van der Waals surface area (Å²) in [6, 6.07) is 0. The highest BCUT2D eigenvalue weighted by atomic mass is 16.3. The van der Waals surface area contributed by atoms with Crippen molar-refractivity contribution in [3.63, 3.8) is 0 Å². The summed E-state index contributed by atoms with van der Waals surface area (Å²) in [5, 5.41) is 9.33. The molecule has 2 heterocycles. The van der Waals surface area contributed by atoms with E-state index in [2.05, 4.69) is 4.99 Å². The molecule has 0 bridgehead atoms. The number of nitrogens with zero attached hydrogens (tertiary/aromatic N) is 2. The standard InChI is InChI=1S/C9H12N2O/c1-7-2-3-9-10-4-8(12)6-11(9)5-7/h2-3,5,8,12H,4,6H2,1H3/t8-/m1/s1. The van der Waals surface area contributed by atoms with Gasteiger partial charge in [0.2, 0.25) is 0 Å². The van der Waals surface area contributed by atoms with Gasteiger partial charge in [-0.3, -0.25) is 4.99 Å². The number of fused-ring (bicyclic) bond motifs is 1. The van der Waals surface area contributed by atoms with Crippen LogP contribution in [0, 0.1) is 0 Å². The highest BCUT2D eigenvalue weighted by Crippen LogP contribution is 2.13. The van der Waals surface area contributed by atoms with E-state index in [-0.39, 0.29) is 6.10 Å². The molecule has 0 aromatic heterocycles. The van der Waals surface area contributed by atoms with Crippen LogP contribution in [0.2, 0.25) is 0 Å². The maximum atomic E-state index is 9.33. The molecular weight excluding hydrogens is 152 g/mol. The molecule has 0 unspecified atom stereocenters. The molecule has 0 aromatic carbocycles. The molecule has 2 aliphatic heterocycles.